The number of benzene rings is 1. The molecular formula is C8H7FN2O5. The Hall–Kier alpha value is -2.22. The first-order valence-corrected chi connectivity index (χ1v) is 4.00. The first kappa shape index (κ1) is 11.9. The molecular weight excluding hydrogens is 223 g/mol. The summed E-state index contributed by atoms with van der Waals surface area (Å²) in [4.78, 5) is 20.0. The molecule has 0 unspecified atom stereocenters. The van der Waals surface area contributed by atoms with Gasteiger partial charge in [0.05, 0.1) is 10.5 Å². The molecule has 7 nitrogen and oxygen atoms in total. The van der Waals surface area contributed by atoms with Crippen LogP contribution in [0, 0.1) is 15.9 Å². The third-order valence-corrected chi connectivity index (χ3v) is 1.92. The lowest BCUT2D eigenvalue weighted by Crippen LogP contribution is -2.22. The number of hydrogen-bond donors (Lipinski definition) is 3. The number of halogens is 1. The van der Waals surface area contributed by atoms with E-state index in [0.717, 1.165) is 6.07 Å². The van der Waals surface area contributed by atoms with Gasteiger partial charge < -0.3 is 15.9 Å². The monoisotopic (exact) mass is 230 g/mol. The molecule has 0 aliphatic carbocycles. The maximum atomic E-state index is 13.2. The van der Waals surface area contributed by atoms with Gasteiger partial charge in [-0.1, -0.05) is 0 Å². The van der Waals surface area contributed by atoms with Crippen LogP contribution in [-0.4, -0.2) is 21.1 Å². The summed E-state index contributed by atoms with van der Waals surface area (Å²) >= 11 is 0. The molecule has 8 heteroatoms. The van der Waals surface area contributed by atoms with Gasteiger partial charge in [0.25, 0.3) is 0 Å². The van der Waals surface area contributed by atoms with Crippen molar-refractivity contribution in [3.8, 4) is 5.75 Å². The van der Waals surface area contributed by atoms with Crippen molar-refractivity contribution >= 4 is 11.7 Å². The van der Waals surface area contributed by atoms with Crippen LogP contribution in [0.5, 0.6) is 5.75 Å². The van der Waals surface area contributed by atoms with E-state index in [0.29, 0.717) is 6.07 Å². The van der Waals surface area contributed by atoms with Gasteiger partial charge in [-0.2, -0.15) is 0 Å². The van der Waals surface area contributed by atoms with E-state index in [1.165, 1.54) is 0 Å². The zero-order chi connectivity index (χ0) is 12.5. The summed E-state index contributed by atoms with van der Waals surface area (Å²) in [6.07, 6.45) is 0. The van der Waals surface area contributed by atoms with Crippen molar-refractivity contribution in [1.29, 1.82) is 0 Å². The van der Waals surface area contributed by atoms with E-state index in [2.05, 4.69) is 0 Å². The average Bonchev–Trinajstić information content (AvgIpc) is 2.16. The molecule has 0 aliphatic heterocycles. The van der Waals surface area contributed by atoms with Crippen molar-refractivity contribution in [1.82, 2.24) is 0 Å². The Bertz CT molecular complexity index is 462. The average molecular weight is 230 g/mol. The number of nitro benzene ring substituents is 1. The smallest absolute Gasteiger partial charge is 0.325 e. The van der Waals surface area contributed by atoms with E-state index >= 15 is 0 Å². The van der Waals surface area contributed by atoms with Crippen molar-refractivity contribution in [2.75, 3.05) is 0 Å². The second-order valence-corrected chi connectivity index (χ2v) is 2.90. The summed E-state index contributed by atoms with van der Waals surface area (Å²) in [5.74, 6) is -3.78. The lowest BCUT2D eigenvalue weighted by molar-refractivity contribution is -0.386. The summed E-state index contributed by atoms with van der Waals surface area (Å²) < 4.78 is 13.2. The van der Waals surface area contributed by atoms with Gasteiger partial charge >= 0.3 is 11.7 Å². The van der Waals surface area contributed by atoms with Crippen LogP contribution in [0.2, 0.25) is 0 Å². The summed E-state index contributed by atoms with van der Waals surface area (Å²) in [5.41, 5.74) is 3.48. The van der Waals surface area contributed by atoms with E-state index < -0.39 is 39.8 Å². The molecule has 86 valence electrons. The number of carbonyl (C=O) groups is 1. The molecule has 0 aliphatic rings. The number of aromatic hydroxyl groups is 1. The van der Waals surface area contributed by atoms with Gasteiger partial charge in [-0.05, 0) is 6.07 Å². The van der Waals surface area contributed by atoms with Gasteiger partial charge in [-0.3, -0.25) is 14.9 Å². The highest BCUT2D eigenvalue weighted by molar-refractivity contribution is 5.77. The summed E-state index contributed by atoms with van der Waals surface area (Å²) in [6.45, 7) is 0. The molecule has 0 spiro atoms. The maximum absolute atomic E-state index is 13.2. The Balaban J connectivity index is 3.43. The first-order chi connectivity index (χ1) is 7.36. The molecule has 0 radical (unpaired) electrons. The van der Waals surface area contributed by atoms with Gasteiger partial charge in [0.15, 0.2) is 0 Å². The molecule has 0 aromatic heterocycles. The number of nitro groups is 1. The molecule has 4 N–H and O–H groups in total. The minimum absolute atomic E-state index is 0.677. The molecule has 0 saturated carbocycles. The minimum Gasteiger partial charge on any atom is -0.502 e. The topological polar surface area (TPSA) is 127 Å². The van der Waals surface area contributed by atoms with Gasteiger partial charge in [0.2, 0.25) is 5.75 Å². The highest BCUT2D eigenvalue weighted by atomic mass is 19.1. The standard InChI is InChI=1S/C8H7FN2O5/c9-3-1-2-4(11(15)16)7(12)5(3)6(10)8(13)14/h1-2,6,12H,10H2,(H,13,14)/t6-/m0/s1. The Morgan fingerprint density at radius 2 is 2.12 bits per heavy atom. The van der Waals surface area contributed by atoms with Crippen LogP contribution in [0.1, 0.15) is 11.6 Å². The van der Waals surface area contributed by atoms with Crippen LogP contribution >= 0.6 is 0 Å². The zero-order valence-corrected chi connectivity index (χ0v) is 7.75. The fourth-order valence-electron chi connectivity index (χ4n) is 1.14. The number of phenols is 1. The fraction of sp³-hybridized carbons (Fsp3) is 0.125. The predicted octanol–water partition coefficient (Wildman–Crippen LogP) is 0.524. The molecule has 1 aromatic carbocycles. The quantitative estimate of drug-likeness (QED) is 0.513. The molecule has 0 fully saturated rings. The molecule has 0 heterocycles. The molecule has 0 saturated heterocycles. The molecule has 1 atom stereocenters. The van der Waals surface area contributed by atoms with Crippen molar-refractivity contribution in [3.63, 3.8) is 0 Å². The third kappa shape index (κ3) is 1.91. The van der Waals surface area contributed by atoms with Crippen LogP contribution in [-0.2, 0) is 4.79 Å². The highest BCUT2D eigenvalue weighted by Crippen LogP contribution is 2.34. The largest absolute Gasteiger partial charge is 0.502 e. The lowest BCUT2D eigenvalue weighted by atomic mass is 10.0. The van der Waals surface area contributed by atoms with Crippen molar-refractivity contribution in [2.24, 2.45) is 5.73 Å². The first-order valence-electron chi connectivity index (χ1n) is 4.00. The minimum atomic E-state index is -1.86. The van der Waals surface area contributed by atoms with E-state index in [-0.39, 0.29) is 0 Å². The second-order valence-electron chi connectivity index (χ2n) is 2.90. The zero-order valence-electron chi connectivity index (χ0n) is 7.75. The number of phenolic OH excluding ortho intramolecular Hbond substituents is 1. The summed E-state index contributed by atoms with van der Waals surface area (Å²) in [6, 6.07) is -0.460. The van der Waals surface area contributed by atoms with Crippen LogP contribution in [0.3, 0.4) is 0 Å². The molecule has 16 heavy (non-hydrogen) atoms. The van der Waals surface area contributed by atoms with Crippen molar-refractivity contribution < 1.29 is 24.3 Å². The number of nitrogens with zero attached hydrogens (tertiary/aromatic N) is 1. The van der Waals surface area contributed by atoms with Crippen LogP contribution < -0.4 is 5.73 Å². The van der Waals surface area contributed by atoms with Gasteiger partial charge in [0, 0.05) is 6.07 Å². The number of nitrogens with two attached hydrogens (primary N) is 1. The van der Waals surface area contributed by atoms with Crippen molar-refractivity contribution in [3.05, 3.63) is 33.6 Å². The summed E-state index contributed by atoms with van der Waals surface area (Å²) in [7, 11) is 0. The molecule has 0 amide bonds. The Kier molecular flexibility index (Phi) is 3.04. The van der Waals surface area contributed by atoms with Gasteiger partial charge in [-0.25, -0.2) is 4.39 Å². The van der Waals surface area contributed by atoms with Crippen LogP contribution in [0.15, 0.2) is 12.1 Å². The van der Waals surface area contributed by atoms with Gasteiger partial charge in [-0.15, -0.1) is 0 Å². The fourth-order valence-corrected chi connectivity index (χ4v) is 1.14. The number of aliphatic carboxylic acids is 1. The Morgan fingerprint density at radius 1 is 1.56 bits per heavy atom. The SMILES string of the molecule is N[C@H](C(=O)O)c1c(F)ccc([N+](=O)[O-])c1O. The van der Waals surface area contributed by atoms with E-state index in [4.69, 9.17) is 10.8 Å². The molecule has 0 bridgehead atoms. The Labute approximate surface area is 88.1 Å². The van der Waals surface area contributed by atoms with Crippen LogP contribution in [0.25, 0.3) is 0 Å². The molecule has 1 rings (SSSR count). The van der Waals surface area contributed by atoms with E-state index in [1.54, 1.807) is 0 Å². The van der Waals surface area contributed by atoms with Crippen molar-refractivity contribution in [2.45, 2.75) is 6.04 Å². The number of carboxylic acids is 1. The number of carboxylic acid groups (broad SMARTS) is 1. The highest BCUT2D eigenvalue weighted by Gasteiger charge is 2.28. The Morgan fingerprint density at radius 3 is 2.56 bits per heavy atom. The maximum Gasteiger partial charge on any atom is 0.325 e. The normalized spacial score (nSPS) is 12.1. The summed E-state index contributed by atoms with van der Waals surface area (Å²) in [5, 5.41) is 28.3. The second kappa shape index (κ2) is 4.11. The molecule has 1 aromatic rings. The van der Waals surface area contributed by atoms with Gasteiger partial charge in [0.1, 0.15) is 11.9 Å². The third-order valence-electron chi connectivity index (χ3n) is 1.92. The predicted molar refractivity (Wildman–Crippen MR) is 49.3 cm³/mol. The van der Waals surface area contributed by atoms with E-state index in [9.17, 15) is 24.4 Å². The van der Waals surface area contributed by atoms with E-state index in [1.807, 2.05) is 0 Å². The van der Waals surface area contributed by atoms with Crippen LogP contribution in [0.4, 0.5) is 10.1 Å². The number of rotatable bonds is 3. The number of hydrogen-bond acceptors (Lipinski definition) is 5. The lowest BCUT2D eigenvalue weighted by Gasteiger charge is -2.09.